The normalized spacial score (nSPS) is 15.7. The molecule has 0 spiro atoms. The highest BCUT2D eigenvalue weighted by molar-refractivity contribution is 7.89. The van der Waals surface area contributed by atoms with Gasteiger partial charge < -0.3 is 10.2 Å². The highest BCUT2D eigenvalue weighted by atomic mass is 32.2. The fraction of sp³-hybridized carbons (Fsp3) is 0.259. The molecule has 1 saturated heterocycles. The minimum Gasteiger partial charge on any atom is -0.332 e. The molecule has 7 nitrogen and oxygen atoms in total. The standard InChI is InChI=1S/C27H29N3O4S/c1-19-5-3-6-23(17-19)26-7-4-16-30(26)27(32)22-10-8-21(9-11-22)18-28-35(33,34)25-14-12-24(13-15-25)29-20(2)31/h3,5-6,8-15,17,26,28H,4,7,16,18H2,1-2H3,(H,29,31). The van der Waals surface area contributed by atoms with Gasteiger partial charge in [0.05, 0.1) is 10.9 Å². The molecule has 0 aliphatic carbocycles. The summed E-state index contributed by atoms with van der Waals surface area (Å²) < 4.78 is 27.8. The van der Waals surface area contributed by atoms with Gasteiger partial charge >= 0.3 is 0 Å². The van der Waals surface area contributed by atoms with Crippen molar-refractivity contribution in [3.8, 4) is 0 Å². The molecule has 1 unspecified atom stereocenters. The Morgan fingerprint density at radius 2 is 1.71 bits per heavy atom. The van der Waals surface area contributed by atoms with Crippen molar-refractivity contribution < 1.29 is 18.0 Å². The van der Waals surface area contributed by atoms with Gasteiger partial charge in [-0.1, -0.05) is 42.0 Å². The van der Waals surface area contributed by atoms with Crippen LogP contribution in [0.2, 0.25) is 0 Å². The number of sulfonamides is 1. The third-order valence-electron chi connectivity index (χ3n) is 6.09. The van der Waals surface area contributed by atoms with E-state index in [4.69, 9.17) is 0 Å². The molecule has 1 aliphatic heterocycles. The Morgan fingerprint density at radius 3 is 2.37 bits per heavy atom. The van der Waals surface area contributed by atoms with Crippen LogP contribution in [0.15, 0.2) is 77.7 Å². The summed E-state index contributed by atoms with van der Waals surface area (Å²) in [5.74, 6) is -0.239. The third kappa shape index (κ3) is 5.96. The van der Waals surface area contributed by atoms with Gasteiger partial charge in [-0.15, -0.1) is 0 Å². The number of amides is 2. The Bertz CT molecular complexity index is 1320. The summed E-state index contributed by atoms with van der Waals surface area (Å²) in [6.07, 6.45) is 1.91. The SMILES string of the molecule is CC(=O)Nc1ccc(S(=O)(=O)NCc2ccc(C(=O)N3CCCC3c3cccc(C)c3)cc2)cc1. The van der Waals surface area contributed by atoms with Crippen molar-refractivity contribution in [2.75, 3.05) is 11.9 Å². The fourth-order valence-electron chi connectivity index (χ4n) is 4.35. The van der Waals surface area contributed by atoms with Gasteiger partial charge in [0, 0.05) is 31.3 Å². The summed E-state index contributed by atoms with van der Waals surface area (Å²) >= 11 is 0. The molecule has 4 rings (SSSR count). The van der Waals surface area contributed by atoms with Gasteiger partial charge in [-0.05, 0) is 67.3 Å². The number of benzene rings is 3. The van der Waals surface area contributed by atoms with Crippen molar-refractivity contribution in [3.05, 3.63) is 95.1 Å². The predicted octanol–water partition coefficient (Wildman–Crippen LogP) is 4.41. The van der Waals surface area contributed by atoms with Crippen LogP contribution in [-0.2, 0) is 21.4 Å². The topological polar surface area (TPSA) is 95.6 Å². The van der Waals surface area contributed by atoms with Gasteiger partial charge in [0.1, 0.15) is 0 Å². The Kier molecular flexibility index (Phi) is 7.33. The summed E-state index contributed by atoms with van der Waals surface area (Å²) in [4.78, 5) is 26.4. The van der Waals surface area contributed by atoms with Crippen molar-refractivity contribution in [2.45, 2.75) is 44.2 Å². The van der Waals surface area contributed by atoms with Crippen LogP contribution >= 0.6 is 0 Å². The molecule has 1 heterocycles. The van der Waals surface area contributed by atoms with Crippen molar-refractivity contribution in [1.29, 1.82) is 0 Å². The van der Waals surface area contributed by atoms with Crippen LogP contribution in [0.4, 0.5) is 5.69 Å². The number of hydrogen-bond donors (Lipinski definition) is 2. The van der Waals surface area contributed by atoms with Gasteiger partial charge in [0.25, 0.3) is 5.91 Å². The maximum Gasteiger partial charge on any atom is 0.254 e. The Labute approximate surface area is 206 Å². The number of carbonyl (C=O) groups excluding carboxylic acids is 2. The average Bonchev–Trinajstić information content (AvgIpc) is 3.33. The lowest BCUT2D eigenvalue weighted by Gasteiger charge is -2.25. The molecule has 1 fully saturated rings. The molecule has 0 radical (unpaired) electrons. The van der Waals surface area contributed by atoms with E-state index in [9.17, 15) is 18.0 Å². The summed E-state index contributed by atoms with van der Waals surface area (Å²) in [5.41, 5.74) is 4.20. The Morgan fingerprint density at radius 1 is 1.00 bits per heavy atom. The van der Waals surface area contributed by atoms with Crippen LogP contribution in [0.5, 0.6) is 0 Å². The van der Waals surface area contributed by atoms with Gasteiger partial charge in [0.15, 0.2) is 0 Å². The van der Waals surface area contributed by atoms with Crippen LogP contribution in [0.25, 0.3) is 0 Å². The van der Waals surface area contributed by atoms with E-state index < -0.39 is 10.0 Å². The molecular formula is C27H29N3O4S. The Hall–Kier alpha value is -3.49. The van der Waals surface area contributed by atoms with E-state index in [1.807, 2.05) is 11.0 Å². The van der Waals surface area contributed by atoms with Crippen molar-refractivity contribution >= 4 is 27.5 Å². The minimum atomic E-state index is -3.72. The van der Waals surface area contributed by atoms with Gasteiger partial charge in [-0.2, -0.15) is 0 Å². The zero-order valence-electron chi connectivity index (χ0n) is 19.8. The van der Waals surface area contributed by atoms with E-state index in [1.165, 1.54) is 24.6 Å². The molecular weight excluding hydrogens is 462 g/mol. The lowest BCUT2D eigenvalue weighted by Crippen LogP contribution is -2.30. The molecule has 0 aromatic heterocycles. The highest BCUT2D eigenvalue weighted by Gasteiger charge is 2.30. The molecule has 0 saturated carbocycles. The van der Waals surface area contributed by atoms with E-state index in [-0.39, 0.29) is 29.3 Å². The quantitative estimate of drug-likeness (QED) is 0.512. The predicted molar refractivity (Wildman–Crippen MR) is 135 cm³/mol. The van der Waals surface area contributed by atoms with Crippen LogP contribution in [0.1, 0.15) is 52.9 Å². The first-order valence-corrected chi connectivity index (χ1v) is 13.0. The second-order valence-corrected chi connectivity index (χ2v) is 10.6. The molecule has 2 amide bonds. The first-order valence-electron chi connectivity index (χ1n) is 11.6. The van der Waals surface area contributed by atoms with Crippen LogP contribution in [-0.4, -0.2) is 31.7 Å². The van der Waals surface area contributed by atoms with Gasteiger partial charge in [0.2, 0.25) is 15.9 Å². The number of likely N-dealkylation sites (tertiary alicyclic amines) is 1. The first-order chi connectivity index (χ1) is 16.7. The largest absolute Gasteiger partial charge is 0.332 e. The number of nitrogens with zero attached hydrogens (tertiary/aromatic N) is 1. The van der Waals surface area contributed by atoms with Crippen molar-refractivity contribution in [2.24, 2.45) is 0 Å². The molecule has 2 N–H and O–H groups in total. The second-order valence-electron chi connectivity index (χ2n) is 8.80. The molecule has 0 bridgehead atoms. The number of aryl methyl sites for hydroxylation is 1. The number of carbonyl (C=O) groups is 2. The smallest absolute Gasteiger partial charge is 0.254 e. The summed E-state index contributed by atoms with van der Waals surface area (Å²) in [6, 6.07) is 21.4. The molecule has 35 heavy (non-hydrogen) atoms. The van der Waals surface area contributed by atoms with E-state index in [1.54, 1.807) is 36.4 Å². The van der Waals surface area contributed by atoms with Crippen molar-refractivity contribution in [3.63, 3.8) is 0 Å². The van der Waals surface area contributed by atoms with E-state index >= 15 is 0 Å². The molecule has 1 atom stereocenters. The molecule has 8 heteroatoms. The lowest BCUT2D eigenvalue weighted by molar-refractivity contribution is -0.114. The Balaban J connectivity index is 1.39. The van der Waals surface area contributed by atoms with E-state index in [2.05, 4.69) is 35.2 Å². The summed E-state index contributed by atoms with van der Waals surface area (Å²) in [5, 5.41) is 2.61. The van der Waals surface area contributed by atoms with Gasteiger partial charge in [-0.25, -0.2) is 13.1 Å². The average molecular weight is 492 g/mol. The van der Waals surface area contributed by atoms with Crippen LogP contribution < -0.4 is 10.0 Å². The van der Waals surface area contributed by atoms with Gasteiger partial charge in [-0.3, -0.25) is 9.59 Å². The molecule has 182 valence electrons. The van der Waals surface area contributed by atoms with Crippen molar-refractivity contribution in [1.82, 2.24) is 9.62 Å². The first kappa shape index (κ1) is 24.6. The zero-order chi connectivity index (χ0) is 25.0. The summed E-state index contributed by atoms with van der Waals surface area (Å²) in [6.45, 7) is 4.26. The van der Waals surface area contributed by atoms with E-state index in [0.29, 0.717) is 11.3 Å². The number of hydrogen-bond acceptors (Lipinski definition) is 4. The second kappa shape index (κ2) is 10.4. The maximum absolute atomic E-state index is 13.2. The number of rotatable bonds is 7. The van der Waals surface area contributed by atoms with Crippen LogP contribution in [0.3, 0.4) is 0 Å². The number of nitrogens with one attached hydrogen (secondary N) is 2. The zero-order valence-corrected chi connectivity index (χ0v) is 20.6. The fourth-order valence-corrected chi connectivity index (χ4v) is 5.36. The molecule has 3 aromatic carbocycles. The number of anilines is 1. The lowest BCUT2D eigenvalue weighted by atomic mass is 10.0. The van der Waals surface area contributed by atoms with Crippen LogP contribution in [0, 0.1) is 6.92 Å². The summed E-state index contributed by atoms with van der Waals surface area (Å²) in [7, 11) is -3.72. The molecule has 1 aliphatic rings. The third-order valence-corrected chi connectivity index (χ3v) is 7.51. The minimum absolute atomic E-state index is 0.0135. The highest BCUT2D eigenvalue weighted by Crippen LogP contribution is 2.33. The van der Waals surface area contributed by atoms with E-state index in [0.717, 1.165) is 30.5 Å². The molecule has 3 aromatic rings. The maximum atomic E-state index is 13.2. The monoisotopic (exact) mass is 491 g/mol.